The van der Waals surface area contributed by atoms with E-state index in [1.165, 1.54) is 37.7 Å². The molecule has 2 atom stereocenters. The average molecular weight is 298 g/mol. The molecule has 1 aromatic rings. The molecule has 1 heterocycles. The molecule has 1 fully saturated rings. The van der Waals surface area contributed by atoms with Crippen LogP contribution in [-0.4, -0.2) is 22.9 Å². The maximum atomic E-state index is 6.39. The van der Waals surface area contributed by atoms with Gasteiger partial charge in [0.25, 0.3) is 0 Å². The summed E-state index contributed by atoms with van der Waals surface area (Å²) in [5.74, 6) is 1.56. The largest absolute Gasteiger partial charge is 0.316 e. The molecule has 20 heavy (non-hydrogen) atoms. The third kappa shape index (κ3) is 3.76. The number of hydrogen-bond acceptors (Lipinski definition) is 2. The van der Waals surface area contributed by atoms with E-state index in [0.717, 1.165) is 42.2 Å². The van der Waals surface area contributed by atoms with Gasteiger partial charge in [0.1, 0.15) is 5.15 Å². The molecule has 0 amide bonds. The van der Waals surface area contributed by atoms with Crippen LogP contribution in [0.3, 0.4) is 0 Å². The summed E-state index contributed by atoms with van der Waals surface area (Å²) in [6.45, 7) is 6.60. The summed E-state index contributed by atoms with van der Waals surface area (Å²) >= 11 is 6.39. The van der Waals surface area contributed by atoms with E-state index in [2.05, 4.69) is 24.3 Å². The van der Waals surface area contributed by atoms with E-state index in [-0.39, 0.29) is 0 Å². The van der Waals surface area contributed by atoms with Crippen molar-refractivity contribution in [1.29, 1.82) is 0 Å². The number of aryl methyl sites for hydroxylation is 2. The van der Waals surface area contributed by atoms with Gasteiger partial charge in [-0.25, -0.2) is 0 Å². The van der Waals surface area contributed by atoms with Crippen molar-refractivity contribution in [2.45, 2.75) is 52.4 Å². The Labute approximate surface area is 128 Å². The van der Waals surface area contributed by atoms with Gasteiger partial charge in [-0.15, -0.1) is 0 Å². The molecule has 1 aliphatic rings. The number of hydrogen-bond donors (Lipinski definition) is 1. The Bertz CT molecular complexity index is 428. The molecule has 0 bridgehead atoms. The van der Waals surface area contributed by atoms with Crippen molar-refractivity contribution in [2.24, 2.45) is 18.9 Å². The van der Waals surface area contributed by atoms with Crippen LogP contribution in [0.2, 0.25) is 5.15 Å². The highest BCUT2D eigenvalue weighted by molar-refractivity contribution is 6.30. The van der Waals surface area contributed by atoms with Crippen molar-refractivity contribution in [3.8, 4) is 0 Å². The van der Waals surface area contributed by atoms with Gasteiger partial charge in [-0.05, 0) is 57.5 Å². The van der Waals surface area contributed by atoms with Crippen LogP contribution in [0.15, 0.2) is 0 Å². The van der Waals surface area contributed by atoms with Gasteiger partial charge >= 0.3 is 0 Å². The molecule has 0 aromatic carbocycles. The second kappa shape index (κ2) is 7.46. The first-order valence-electron chi connectivity index (χ1n) is 8.02. The highest BCUT2D eigenvalue weighted by Crippen LogP contribution is 2.34. The third-order valence-corrected chi connectivity index (χ3v) is 5.11. The Kier molecular flexibility index (Phi) is 5.91. The summed E-state index contributed by atoms with van der Waals surface area (Å²) in [4.78, 5) is 0. The van der Waals surface area contributed by atoms with Crippen molar-refractivity contribution in [3.63, 3.8) is 0 Å². The predicted octanol–water partition coefficient (Wildman–Crippen LogP) is 3.73. The molecule has 114 valence electrons. The van der Waals surface area contributed by atoms with E-state index in [4.69, 9.17) is 11.6 Å². The molecule has 0 aliphatic heterocycles. The maximum absolute atomic E-state index is 6.39. The molecule has 0 radical (unpaired) electrons. The first kappa shape index (κ1) is 15.8. The Morgan fingerprint density at radius 1 is 1.30 bits per heavy atom. The number of rotatable bonds is 6. The predicted molar refractivity (Wildman–Crippen MR) is 85.3 cm³/mol. The van der Waals surface area contributed by atoms with Gasteiger partial charge in [-0.3, -0.25) is 4.68 Å². The molecule has 0 saturated heterocycles. The minimum atomic E-state index is 0.758. The summed E-state index contributed by atoms with van der Waals surface area (Å²) in [6.07, 6.45) is 7.75. The molecule has 1 saturated carbocycles. The Morgan fingerprint density at radius 3 is 2.60 bits per heavy atom. The van der Waals surface area contributed by atoms with Crippen molar-refractivity contribution in [2.75, 3.05) is 13.1 Å². The highest BCUT2D eigenvalue weighted by Gasteiger charge is 2.27. The molecule has 3 nitrogen and oxygen atoms in total. The lowest BCUT2D eigenvalue weighted by Crippen LogP contribution is -2.32. The van der Waals surface area contributed by atoms with Gasteiger partial charge in [0, 0.05) is 12.6 Å². The number of aromatic nitrogens is 2. The third-order valence-electron chi connectivity index (χ3n) is 4.64. The normalized spacial score (nSPS) is 23.2. The van der Waals surface area contributed by atoms with Gasteiger partial charge in [0.2, 0.25) is 0 Å². The van der Waals surface area contributed by atoms with Gasteiger partial charge in [0.15, 0.2) is 0 Å². The second-order valence-electron chi connectivity index (χ2n) is 6.19. The minimum absolute atomic E-state index is 0.758. The molecular formula is C16H28ClN3. The standard InChI is InChI=1S/C16H28ClN3/c1-4-9-18-11-14-8-6-5-7-13(14)10-15-12(2)19-20(3)16(15)17/h13-14,18H,4-11H2,1-3H3. The molecular weight excluding hydrogens is 270 g/mol. The summed E-state index contributed by atoms with van der Waals surface area (Å²) in [6, 6.07) is 0. The molecule has 2 rings (SSSR count). The minimum Gasteiger partial charge on any atom is -0.316 e. The van der Waals surface area contributed by atoms with Crippen molar-refractivity contribution >= 4 is 11.6 Å². The van der Waals surface area contributed by atoms with Gasteiger partial charge in [-0.2, -0.15) is 5.10 Å². The van der Waals surface area contributed by atoms with Crippen LogP contribution in [0.5, 0.6) is 0 Å². The van der Waals surface area contributed by atoms with Crippen molar-refractivity contribution in [1.82, 2.24) is 15.1 Å². The van der Waals surface area contributed by atoms with Crippen LogP contribution < -0.4 is 5.32 Å². The Morgan fingerprint density at radius 2 is 2.00 bits per heavy atom. The van der Waals surface area contributed by atoms with Gasteiger partial charge in [-0.1, -0.05) is 31.4 Å². The summed E-state index contributed by atoms with van der Waals surface area (Å²) in [5, 5.41) is 8.87. The van der Waals surface area contributed by atoms with E-state index >= 15 is 0 Å². The van der Waals surface area contributed by atoms with Crippen LogP contribution in [0.4, 0.5) is 0 Å². The summed E-state index contributed by atoms with van der Waals surface area (Å²) in [7, 11) is 1.93. The van der Waals surface area contributed by atoms with Crippen molar-refractivity contribution in [3.05, 3.63) is 16.4 Å². The molecule has 1 N–H and O–H groups in total. The summed E-state index contributed by atoms with van der Waals surface area (Å²) < 4.78 is 1.80. The molecule has 4 heteroatoms. The van der Waals surface area contributed by atoms with Crippen LogP contribution in [0, 0.1) is 18.8 Å². The Hall–Kier alpha value is -0.540. The van der Waals surface area contributed by atoms with Crippen LogP contribution in [0.25, 0.3) is 0 Å². The highest BCUT2D eigenvalue weighted by atomic mass is 35.5. The van der Waals surface area contributed by atoms with Crippen LogP contribution in [0.1, 0.15) is 50.3 Å². The number of nitrogens with one attached hydrogen (secondary N) is 1. The summed E-state index contributed by atoms with van der Waals surface area (Å²) in [5.41, 5.74) is 2.37. The fourth-order valence-corrected chi connectivity index (χ4v) is 3.71. The molecule has 0 spiro atoms. The molecule has 1 aliphatic carbocycles. The first-order chi connectivity index (χ1) is 9.63. The zero-order chi connectivity index (χ0) is 14.5. The van der Waals surface area contributed by atoms with Crippen molar-refractivity contribution < 1.29 is 0 Å². The van der Waals surface area contributed by atoms with E-state index in [1.54, 1.807) is 4.68 Å². The smallest absolute Gasteiger partial charge is 0.130 e. The lowest BCUT2D eigenvalue weighted by Gasteiger charge is -2.32. The van der Waals surface area contributed by atoms with Gasteiger partial charge in [0.05, 0.1) is 5.69 Å². The number of nitrogens with zero attached hydrogens (tertiary/aromatic N) is 2. The first-order valence-corrected chi connectivity index (χ1v) is 8.40. The zero-order valence-electron chi connectivity index (χ0n) is 13.1. The fraction of sp³-hybridized carbons (Fsp3) is 0.812. The Balaban J connectivity index is 2.00. The van der Waals surface area contributed by atoms with E-state index in [0.29, 0.717) is 0 Å². The average Bonchev–Trinajstić information content (AvgIpc) is 2.67. The van der Waals surface area contributed by atoms with E-state index < -0.39 is 0 Å². The van der Waals surface area contributed by atoms with E-state index in [9.17, 15) is 0 Å². The molecule has 1 aromatic heterocycles. The van der Waals surface area contributed by atoms with Crippen LogP contribution in [-0.2, 0) is 13.5 Å². The van der Waals surface area contributed by atoms with E-state index in [1.807, 2.05) is 7.05 Å². The van der Waals surface area contributed by atoms with Gasteiger partial charge < -0.3 is 5.32 Å². The number of halogens is 1. The lowest BCUT2D eigenvalue weighted by molar-refractivity contribution is 0.228. The zero-order valence-corrected chi connectivity index (χ0v) is 13.8. The SMILES string of the molecule is CCCNCC1CCCCC1Cc1c(C)nn(C)c1Cl. The van der Waals surface area contributed by atoms with Crippen LogP contribution >= 0.6 is 11.6 Å². The fourth-order valence-electron chi connectivity index (χ4n) is 3.45. The monoisotopic (exact) mass is 297 g/mol. The second-order valence-corrected chi connectivity index (χ2v) is 6.55. The topological polar surface area (TPSA) is 29.9 Å². The lowest BCUT2D eigenvalue weighted by atomic mass is 9.76. The quantitative estimate of drug-likeness (QED) is 0.811. The molecule has 2 unspecified atom stereocenters. The maximum Gasteiger partial charge on any atom is 0.130 e.